The standard InChI is InChI=1S/C18H19ClN2OS/c1-12-5-3-6-13(2)16(12)20-18(22)21-9-10-23-17(21)14-7-4-8-15(19)11-14/h3-8,11,17H,9-10H2,1-2H3,(H,20,22). The number of nitrogens with one attached hydrogen (secondary N) is 1. The van der Waals surface area contributed by atoms with E-state index in [1.165, 1.54) is 0 Å². The molecule has 0 bridgehead atoms. The van der Waals surface area contributed by atoms with Crippen molar-refractivity contribution in [2.45, 2.75) is 19.2 Å². The van der Waals surface area contributed by atoms with E-state index in [1.807, 2.05) is 61.2 Å². The quantitative estimate of drug-likeness (QED) is 0.806. The van der Waals surface area contributed by atoms with Gasteiger partial charge in [0.2, 0.25) is 0 Å². The third kappa shape index (κ3) is 3.48. The first-order valence-corrected chi connectivity index (χ1v) is 9.00. The van der Waals surface area contributed by atoms with E-state index in [9.17, 15) is 4.79 Å². The number of rotatable bonds is 2. The predicted octanol–water partition coefficient (Wildman–Crippen LogP) is 5.24. The number of carbonyl (C=O) groups is 1. The maximum atomic E-state index is 12.8. The first-order chi connectivity index (χ1) is 11.1. The Hall–Kier alpha value is -1.65. The zero-order valence-electron chi connectivity index (χ0n) is 13.2. The van der Waals surface area contributed by atoms with Gasteiger partial charge in [-0.25, -0.2) is 4.79 Å². The fourth-order valence-electron chi connectivity index (χ4n) is 2.80. The molecule has 1 fully saturated rings. The average Bonchev–Trinajstić information content (AvgIpc) is 3.00. The van der Waals surface area contributed by atoms with E-state index in [1.54, 1.807) is 11.8 Å². The molecule has 1 unspecified atom stereocenters. The molecule has 3 nitrogen and oxygen atoms in total. The van der Waals surface area contributed by atoms with Crippen molar-refractivity contribution in [2.24, 2.45) is 0 Å². The third-order valence-electron chi connectivity index (χ3n) is 4.00. The number of halogens is 1. The van der Waals surface area contributed by atoms with E-state index in [4.69, 9.17) is 11.6 Å². The molecule has 1 aliphatic heterocycles. The molecule has 120 valence electrons. The highest BCUT2D eigenvalue weighted by atomic mass is 35.5. The molecule has 5 heteroatoms. The van der Waals surface area contributed by atoms with Gasteiger partial charge < -0.3 is 10.2 Å². The maximum Gasteiger partial charge on any atom is 0.323 e. The molecule has 23 heavy (non-hydrogen) atoms. The number of nitrogens with zero attached hydrogens (tertiary/aromatic N) is 1. The molecule has 0 spiro atoms. The fraction of sp³-hybridized carbons (Fsp3) is 0.278. The molecule has 1 N–H and O–H groups in total. The van der Waals surface area contributed by atoms with Gasteiger partial charge in [0.1, 0.15) is 5.37 Å². The van der Waals surface area contributed by atoms with Gasteiger partial charge in [0, 0.05) is 23.0 Å². The topological polar surface area (TPSA) is 32.3 Å². The molecule has 2 aromatic carbocycles. The minimum Gasteiger partial charge on any atom is -0.308 e. The van der Waals surface area contributed by atoms with Gasteiger partial charge in [-0.05, 0) is 42.7 Å². The zero-order chi connectivity index (χ0) is 16.4. The van der Waals surface area contributed by atoms with Crippen LogP contribution in [0, 0.1) is 13.8 Å². The summed E-state index contributed by atoms with van der Waals surface area (Å²) in [6.07, 6.45) is 0. The van der Waals surface area contributed by atoms with Gasteiger partial charge in [-0.2, -0.15) is 0 Å². The van der Waals surface area contributed by atoms with Gasteiger partial charge in [0.05, 0.1) is 0 Å². The Kier molecular flexibility index (Phi) is 4.83. The fourth-order valence-corrected chi connectivity index (χ4v) is 4.25. The van der Waals surface area contributed by atoms with Crippen LogP contribution in [0.3, 0.4) is 0 Å². The van der Waals surface area contributed by atoms with Crippen LogP contribution in [0.2, 0.25) is 5.02 Å². The summed E-state index contributed by atoms with van der Waals surface area (Å²) < 4.78 is 0. The van der Waals surface area contributed by atoms with E-state index in [0.717, 1.165) is 34.7 Å². The molecule has 0 aromatic heterocycles. The van der Waals surface area contributed by atoms with Crippen molar-refractivity contribution in [3.05, 3.63) is 64.2 Å². The summed E-state index contributed by atoms with van der Waals surface area (Å²) in [7, 11) is 0. The zero-order valence-corrected chi connectivity index (χ0v) is 14.7. The van der Waals surface area contributed by atoms with Crippen LogP contribution in [0.15, 0.2) is 42.5 Å². The monoisotopic (exact) mass is 346 g/mol. The minimum atomic E-state index is -0.0580. The Labute approximate surface area is 146 Å². The number of thioether (sulfide) groups is 1. The van der Waals surface area contributed by atoms with Crippen LogP contribution in [-0.4, -0.2) is 23.2 Å². The van der Waals surface area contributed by atoms with Crippen molar-refractivity contribution in [2.75, 3.05) is 17.6 Å². The van der Waals surface area contributed by atoms with Gasteiger partial charge in [-0.1, -0.05) is 41.9 Å². The summed E-state index contributed by atoms with van der Waals surface area (Å²) in [4.78, 5) is 14.6. The number of aryl methyl sites for hydroxylation is 2. The van der Waals surface area contributed by atoms with Crippen molar-refractivity contribution in [3.8, 4) is 0 Å². The molecule has 1 atom stereocenters. The van der Waals surface area contributed by atoms with Crippen molar-refractivity contribution < 1.29 is 4.79 Å². The lowest BCUT2D eigenvalue weighted by Gasteiger charge is -2.25. The number of hydrogen-bond acceptors (Lipinski definition) is 2. The van der Waals surface area contributed by atoms with E-state index in [2.05, 4.69) is 5.32 Å². The van der Waals surface area contributed by atoms with Crippen LogP contribution in [0.25, 0.3) is 0 Å². The molecule has 0 aliphatic carbocycles. The Balaban J connectivity index is 1.81. The van der Waals surface area contributed by atoms with Crippen LogP contribution in [0.1, 0.15) is 22.1 Å². The molecule has 0 saturated carbocycles. The Bertz CT molecular complexity index is 714. The smallest absolute Gasteiger partial charge is 0.308 e. The summed E-state index contributed by atoms with van der Waals surface area (Å²) in [5.41, 5.74) is 4.12. The molecule has 1 aliphatic rings. The molecule has 1 saturated heterocycles. The largest absolute Gasteiger partial charge is 0.323 e. The highest BCUT2D eigenvalue weighted by Crippen LogP contribution is 2.39. The van der Waals surface area contributed by atoms with Gasteiger partial charge in [-0.3, -0.25) is 0 Å². The number of carbonyl (C=O) groups excluding carboxylic acids is 1. The second kappa shape index (κ2) is 6.85. The van der Waals surface area contributed by atoms with E-state index in [0.29, 0.717) is 5.02 Å². The minimum absolute atomic E-state index is 0.0121. The lowest BCUT2D eigenvalue weighted by atomic mass is 10.1. The van der Waals surface area contributed by atoms with Gasteiger partial charge in [-0.15, -0.1) is 11.8 Å². The van der Waals surface area contributed by atoms with Gasteiger partial charge >= 0.3 is 6.03 Å². The molecular weight excluding hydrogens is 328 g/mol. The first kappa shape index (κ1) is 16.2. The highest BCUT2D eigenvalue weighted by molar-refractivity contribution is 7.99. The predicted molar refractivity (Wildman–Crippen MR) is 98.3 cm³/mol. The lowest BCUT2D eigenvalue weighted by Crippen LogP contribution is -2.34. The van der Waals surface area contributed by atoms with E-state index in [-0.39, 0.29) is 11.4 Å². The van der Waals surface area contributed by atoms with E-state index >= 15 is 0 Å². The van der Waals surface area contributed by atoms with Crippen LogP contribution in [0.4, 0.5) is 10.5 Å². The van der Waals surface area contributed by atoms with Crippen molar-refractivity contribution in [1.29, 1.82) is 0 Å². The normalized spacial score (nSPS) is 17.3. The van der Waals surface area contributed by atoms with E-state index < -0.39 is 0 Å². The number of para-hydroxylation sites is 1. The van der Waals surface area contributed by atoms with Crippen LogP contribution in [0.5, 0.6) is 0 Å². The van der Waals surface area contributed by atoms with Crippen LogP contribution >= 0.6 is 23.4 Å². The molecular formula is C18H19ClN2OS. The Morgan fingerprint density at radius 1 is 1.22 bits per heavy atom. The summed E-state index contributed by atoms with van der Waals surface area (Å²) >= 11 is 7.86. The van der Waals surface area contributed by atoms with Gasteiger partial charge in [0.15, 0.2) is 0 Å². The van der Waals surface area contributed by atoms with Crippen molar-refractivity contribution >= 4 is 35.1 Å². The van der Waals surface area contributed by atoms with Crippen molar-refractivity contribution in [3.63, 3.8) is 0 Å². The SMILES string of the molecule is Cc1cccc(C)c1NC(=O)N1CCSC1c1cccc(Cl)c1. The Morgan fingerprint density at radius 2 is 1.91 bits per heavy atom. The summed E-state index contributed by atoms with van der Waals surface area (Å²) in [5, 5.41) is 3.79. The van der Waals surface area contributed by atoms with Crippen LogP contribution in [-0.2, 0) is 0 Å². The maximum absolute atomic E-state index is 12.8. The molecule has 3 rings (SSSR count). The third-order valence-corrected chi connectivity index (χ3v) is 5.49. The van der Waals surface area contributed by atoms with Crippen molar-refractivity contribution in [1.82, 2.24) is 4.90 Å². The summed E-state index contributed by atoms with van der Waals surface area (Å²) in [6.45, 7) is 4.75. The molecule has 2 amide bonds. The average molecular weight is 347 g/mol. The second-order valence-corrected chi connectivity index (χ2v) is 7.29. The summed E-state index contributed by atoms with van der Waals surface area (Å²) in [5.74, 6) is 0.928. The van der Waals surface area contributed by atoms with Gasteiger partial charge in [0.25, 0.3) is 0 Å². The molecule has 2 aromatic rings. The number of benzene rings is 2. The number of anilines is 1. The number of amides is 2. The molecule has 1 heterocycles. The second-order valence-electron chi connectivity index (χ2n) is 5.67. The molecule has 0 radical (unpaired) electrons. The first-order valence-electron chi connectivity index (χ1n) is 7.57. The Morgan fingerprint density at radius 3 is 2.61 bits per heavy atom. The number of hydrogen-bond donors (Lipinski definition) is 1. The summed E-state index contributed by atoms with van der Waals surface area (Å²) in [6, 6.07) is 13.7. The lowest BCUT2D eigenvalue weighted by molar-refractivity contribution is 0.214. The highest BCUT2D eigenvalue weighted by Gasteiger charge is 2.31. The van der Waals surface area contributed by atoms with Crippen LogP contribution < -0.4 is 5.32 Å². The number of urea groups is 1.